The molecule has 0 fully saturated rings. The largest absolute Gasteiger partial charge is 0.472 e. The molecule has 0 spiro atoms. The first-order valence-corrected chi connectivity index (χ1v) is 18.9. The van der Waals surface area contributed by atoms with Gasteiger partial charge in [0.2, 0.25) is 0 Å². The van der Waals surface area contributed by atoms with Crippen molar-refractivity contribution in [3.63, 3.8) is 0 Å². The van der Waals surface area contributed by atoms with E-state index in [4.69, 9.17) is 4.42 Å². The van der Waals surface area contributed by atoms with Gasteiger partial charge < -0.3 is 4.42 Å². The number of hydrogen-bond acceptors (Lipinski definition) is 2. The molecule has 2 heterocycles. The SMILES string of the molecule is C1=Cc2c(c(-c3ccoc3)c3ccccc3c2-c2ccc3c(c2)sc2c(-c4c5ccccc5c(-c5ccccc5)c5ccccc45)cccc23)CC1. The minimum Gasteiger partial charge on any atom is -0.472 e. The van der Waals surface area contributed by atoms with Crippen molar-refractivity contribution < 1.29 is 4.42 Å². The maximum absolute atomic E-state index is 5.60. The molecule has 0 amide bonds. The van der Waals surface area contributed by atoms with Crippen molar-refractivity contribution in [3.8, 4) is 44.5 Å². The van der Waals surface area contributed by atoms with E-state index < -0.39 is 0 Å². The fourth-order valence-electron chi connectivity index (χ4n) is 8.92. The Hall–Kier alpha value is -6.22. The molecule has 2 heteroatoms. The van der Waals surface area contributed by atoms with Crippen LogP contribution >= 0.6 is 11.3 Å². The molecule has 0 unspecified atom stereocenters. The van der Waals surface area contributed by atoms with E-state index in [1.165, 1.54) is 103 Å². The zero-order chi connectivity index (χ0) is 34.2. The highest BCUT2D eigenvalue weighted by Crippen LogP contribution is 2.49. The Balaban J connectivity index is 1.17. The van der Waals surface area contributed by atoms with Crippen LogP contribution in [-0.4, -0.2) is 0 Å². The molecule has 0 saturated heterocycles. The van der Waals surface area contributed by atoms with Crippen LogP contribution in [0.1, 0.15) is 17.5 Å². The van der Waals surface area contributed by atoms with Crippen LogP contribution in [0.15, 0.2) is 169 Å². The van der Waals surface area contributed by atoms with Crippen LogP contribution in [0.2, 0.25) is 0 Å². The third kappa shape index (κ3) is 4.35. The Morgan fingerprint density at radius 1 is 0.462 bits per heavy atom. The van der Waals surface area contributed by atoms with E-state index in [0.717, 1.165) is 18.4 Å². The minimum atomic E-state index is 1.02. The monoisotopic (exact) mass is 680 g/mol. The topological polar surface area (TPSA) is 13.1 Å². The van der Waals surface area contributed by atoms with Crippen molar-refractivity contribution in [1.82, 2.24) is 0 Å². The summed E-state index contributed by atoms with van der Waals surface area (Å²) in [5.41, 5.74) is 12.9. The summed E-state index contributed by atoms with van der Waals surface area (Å²) in [4.78, 5) is 0. The predicted octanol–water partition coefficient (Wildman–Crippen LogP) is 14.7. The highest BCUT2D eigenvalue weighted by atomic mass is 32.1. The number of fused-ring (bicyclic) bond motifs is 7. The quantitative estimate of drug-likeness (QED) is 0.169. The second kappa shape index (κ2) is 11.7. The Kier molecular flexibility index (Phi) is 6.62. The van der Waals surface area contributed by atoms with Crippen LogP contribution in [0.5, 0.6) is 0 Å². The molecule has 0 radical (unpaired) electrons. The van der Waals surface area contributed by atoms with Gasteiger partial charge in [0.05, 0.1) is 12.5 Å². The standard InChI is InChI=1S/C50H32OS/c1-2-13-31(14-3-1)46-39-19-8-10-21-41(39)49(42-22-11-9-20-40(42)46)44-24-12-23-43-34-26-25-32(29-45(34)52-50(43)44)47-35-15-4-6-17-37(35)48(33-27-28-51-30-33)38-18-7-5-16-36(38)47/h1-6,8-17,19-30H,7,18H2. The molecule has 52 heavy (non-hydrogen) atoms. The van der Waals surface area contributed by atoms with Gasteiger partial charge >= 0.3 is 0 Å². The van der Waals surface area contributed by atoms with Gasteiger partial charge in [-0.15, -0.1) is 11.3 Å². The summed E-state index contributed by atoms with van der Waals surface area (Å²) in [6.45, 7) is 0. The normalized spacial score (nSPS) is 12.8. The third-order valence-electron chi connectivity index (χ3n) is 11.1. The summed E-state index contributed by atoms with van der Waals surface area (Å²) in [5, 5.41) is 10.3. The lowest BCUT2D eigenvalue weighted by atomic mass is 9.80. The van der Waals surface area contributed by atoms with E-state index in [2.05, 4.69) is 158 Å². The number of furan rings is 1. The van der Waals surface area contributed by atoms with Crippen LogP contribution in [-0.2, 0) is 6.42 Å². The van der Waals surface area contributed by atoms with Gasteiger partial charge in [-0.2, -0.15) is 0 Å². The van der Waals surface area contributed by atoms with Gasteiger partial charge in [-0.05, 0) is 102 Å². The average Bonchev–Trinajstić information content (AvgIpc) is 3.88. The van der Waals surface area contributed by atoms with Crippen LogP contribution in [0.4, 0.5) is 0 Å². The number of benzene rings is 8. The zero-order valence-corrected chi connectivity index (χ0v) is 29.2. The second-order valence-electron chi connectivity index (χ2n) is 13.8. The number of thiophene rings is 1. The minimum absolute atomic E-state index is 1.02. The second-order valence-corrected chi connectivity index (χ2v) is 14.9. The first-order chi connectivity index (χ1) is 25.8. The van der Waals surface area contributed by atoms with Crippen LogP contribution < -0.4 is 0 Å². The molecule has 1 nitrogen and oxygen atoms in total. The lowest BCUT2D eigenvalue weighted by Gasteiger charge is -2.23. The van der Waals surface area contributed by atoms with Crippen LogP contribution in [0, 0.1) is 0 Å². The Morgan fingerprint density at radius 2 is 1.10 bits per heavy atom. The highest BCUT2D eigenvalue weighted by Gasteiger charge is 2.23. The molecular formula is C50H32OS. The van der Waals surface area contributed by atoms with Crippen LogP contribution in [0.25, 0.3) is 103 Å². The van der Waals surface area contributed by atoms with E-state index in [9.17, 15) is 0 Å². The molecule has 1 aliphatic rings. The van der Waals surface area contributed by atoms with Crippen LogP contribution in [0.3, 0.4) is 0 Å². The summed E-state index contributed by atoms with van der Waals surface area (Å²) >= 11 is 1.92. The fraction of sp³-hybridized carbons (Fsp3) is 0.0400. The molecular weight excluding hydrogens is 649 g/mol. The van der Waals surface area contributed by atoms with Crippen molar-refractivity contribution in [2.75, 3.05) is 0 Å². The van der Waals surface area contributed by atoms with E-state index in [0.29, 0.717) is 0 Å². The Morgan fingerprint density at radius 3 is 1.79 bits per heavy atom. The van der Waals surface area contributed by atoms with Gasteiger partial charge in [0, 0.05) is 31.3 Å². The summed E-state index contributed by atoms with van der Waals surface area (Å²) in [6.07, 6.45) is 10.4. The molecule has 11 rings (SSSR count). The summed E-state index contributed by atoms with van der Waals surface area (Å²) < 4.78 is 8.24. The smallest absolute Gasteiger partial charge is 0.0981 e. The van der Waals surface area contributed by atoms with Crippen molar-refractivity contribution in [2.45, 2.75) is 12.8 Å². The lowest BCUT2D eigenvalue weighted by Crippen LogP contribution is -2.02. The molecule has 1 aliphatic carbocycles. The summed E-state index contributed by atoms with van der Waals surface area (Å²) in [5.74, 6) is 0. The maximum Gasteiger partial charge on any atom is 0.0981 e. The van der Waals surface area contributed by atoms with Gasteiger partial charge in [-0.25, -0.2) is 0 Å². The Bertz CT molecular complexity index is 2990. The zero-order valence-electron chi connectivity index (χ0n) is 28.4. The molecule has 8 aromatic carbocycles. The first kappa shape index (κ1) is 29.5. The van der Waals surface area contributed by atoms with E-state index in [-0.39, 0.29) is 0 Å². The third-order valence-corrected chi connectivity index (χ3v) is 12.3. The van der Waals surface area contributed by atoms with E-state index >= 15 is 0 Å². The summed E-state index contributed by atoms with van der Waals surface area (Å²) in [7, 11) is 0. The number of hydrogen-bond donors (Lipinski definition) is 0. The fourth-order valence-corrected chi connectivity index (χ4v) is 10.2. The van der Waals surface area contributed by atoms with Crippen molar-refractivity contribution in [3.05, 3.63) is 175 Å². The molecule has 0 N–H and O–H groups in total. The predicted molar refractivity (Wildman–Crippen MR) is 223 cm³/mol. The van der Waals surface area contributed by atoms with E-state index in [1.54, 1.807) is 6.26 Å². The van der Waals surface area contributed by atoms with Gasteiger partial charge in [-0.3, -0.25) is 0 Å². The molecule has 0 atom stereocenters. The number of allylic oxidation sites excluding steroid dienone is 1. The lowest BCUT2D eigenvalue weighted by molar-refractivity contribution is 0.568. The molecule has 0 saturated carbocycles. The van der Waals surface area contributed by atoms with Crippen molar-refractivity contribution in [1.29, 1.82) is 0 Å². The van der Waals surface area contributed by atoms with Crippen molar-refractivity contribution >= 4 is 69.9 Å². The van der Waals surface area contributed by atoms with Gasteiger partial charge in [0.1, 0.15) is 0 Å². The van der Waals surface area contributed by atoms with Crippen molar-refractivity contribution in [2.24, 2.45) is 0 Å². The Labute approximate surface area is 305 Å². The molecule has 10 aromatic rings. The molecule has 244 valence electrons. The average molecular weight is 681 g/mol. The van der Waals surface area contributed by atoms with E-state index in [1.807, 2.05) is 17.6 Å². The van der Waals surface area contributed by atoms with Gasteiger partial charge in [-0.1, -0.05) is 146 Å². The summed E-state index contributed by atoms with van der Waals surface area (Å²) in [6, 6.07) is 53.8. The number of rotatable bonds is 4. The molecule has 0 aliphatic heterocycles. The highest BCUT2D eigenvalue weighted by molar-refractivity contribution is 7.26. The maximum atomic E-state index is 5.60. The van der Waals surface area contributed by atoms with Gasteiger partial charge in [0.25, 0.3) is 0 Å². The first-order valence-electron chi connectivity index (χ1n) is 18.0. The molecule has 0 bridgehead atoms. The van der Waals surface area contributed by atoms with Gasteiger partial charge in [0.15, 0.2) is 0 Å². The molecule has 2 aromatic heterocycles.